The summed E-state index contributed by atoms with van der Waals surface area (Å²) >= 11 is 0. The molecule has 1 N–H and O–H groups in total. The average Bonchev–Trinajstić information content (AvgIpc) is 2.94. The monoisotopic (exact) mass is 477 g/mol. The quantitative estimate of drug-likeness (QED) is 0.303. The SMILES string of the molecule is O=C(O)C1CCCN(C(c2ccc(-c3ccccc3)cc2)c2ccccc2OCc2ccccc2)C1. The van der Waals surface area contributed by atoms with Crippen LogP contribution in [0.15, 0.2) is 109 Å². The summed E-state index contributed by atoms with van der Waals surface area (Å²) in [4.78, 5) is 14.2. The number of para-hydroxylation sites is 1. The Balaban J connectivity index is 1.50. The molecule has 0 aromatic heterocycles. The van der Waals surface area contributed by atoms with Crippen LogP contribution in [-0.4, -0.2) is 29.1 Å². The van der Waals surface area contributed by atoms with Gasteiger partial charge in [0.25, 0.3) is 0 Å². The summed E-state index contributed by atoms with van der Waals surface area (Å²) in [5, 5.41) is 9.75. The lowest BCUT2D eigenvalue weighted by atomic mass is 9.90. The number of benzene rings is 4. The van der Waals surface area contributed by atoms with Crippen LogP contribution in [0.25, 0.3) is 11.1 Å². The fourth-order valence-electron chi connectivity index (χ4n) is 5.09. The number of rotatable bonds is 8. The minimum Gasteiger partial charge on any atom is -0.489 e. The van der Waals surface area contributed by atoms with Crippen LogP contribution in [0.5, 0.6) is 5.75 Å². The first kappa shape index (κ1) is 23.8. The standard InChI is InChI=1S/C32H31NO3/c34-32(35)28-14-9-21-33(22-28)31(27-19-17-26(18-20-27)25-12-5-2-6-13-25)29-15-7-8-16-30(29)36-23-24-10-3-1-4-11-24/h1-8,10-13,15-20,28,31H,9,14,21-23H2,(H,34,35). The Morgan fingerprint density at radius 1 is 0.833 bits per heavy atom. The molecule has 0 aliphatic carbocycles. The first-order valence-corrected chi connectivity index (χ1v) is 12.6. The summed E-state index contributed by atoms with van der Waals surface area (Å²) < 4.78 is 6.34. The minimum atomic E-state index is -0.716. The van der Waals surface area contributed by atoms with Gasteiger partial charge in [-0.05, 0) is 47.7 Å². The molecular formula is C32H31NO3. The number of ether oxygens (including phenoxy) is 1. The Labute approximate surface area is 212 Å². The van der Waals surface area contributed by atoms with Crippen LogP contribution in [0.1, 0.15) is 35.6 Å². The first-order valence-electron chi connectivity index (χ1n) is 12.6. The number of likely N-dealkylation sites (tertiary alicyclic amines) is 1. The topological polar surface area (TPSA) is 49.8 Å². The molecule has 4 aromatic rings. The van der Waals surface area contributed by atoms with Crippen molar-refractivity contribution < 1.29 is 14.6 Å². The Morgan fingerprint density at radius 2 is 1.47 bits per heavy atom. The van der Waals surface area contributed by atoms with Crippen molar-refractivity contribution in [1.82, 2.24) is 4.90 Å². The normalized spacial score (nSPS) is 16.8. The van der Waals surface area contributed by atoms with Crippen molar-refractivity contribution in [2.24, 2.45) is 5.92 Å². The van der Waals surface area contributed by atoms with Gasteiger partial charge in [-0.2, -0.15) is 0 Å². The molecule has 4 nitrogen and oxygen atoms in total. The molecule has 1 fully saturated rings. The average molecular weight is 478 g/mol. The summed E-state index contributed by atoms with van der Waals surface area (Å²) in [5.41, 5.74) is 5.65. The molecule has 4 heteroatoms. The van der Waals surface area contributed by atoms with Crippen molar-refractivity contribution in [1.29, 1.82) is 0 Å². The fourth-order valence-corrected chi connectivity index (χ4v) is 5.09. The van der Waals surface area contributed by atoms with E-state index >= 15 is 0 Å². The highest BCUT2D eigenvalue weighted by Gasteiger charge is 2.32. The predicted octanol–water partition coefficient (Wildman–Crippen LogP) is 6.82. The highest BCUT2D eigenvalue weighted by atomic mass is 16.5. The first-order chi connectivity index (χ1) is 17.7. The van der Waals surface area contributed by atoms with E-state index in [0.717, 1.165) is 47.4 Å². The Bertz CT molecular complexity index is 1270. The lowest BCUT2D eigenvalue weighted by Crippen LogP contribution is -2.41. The molecule has 0 bridgehead atoms. The number of carboxylic acid groups (broad SMARTS) is 1. The van der Waals surface area contributed by atoms with Gasteiger partial charge in [0.15, 0.2) is 0 Å². The van der Waals surface area contributed by atoms with Crippen molar-refractivity contribution in [3.05, 3.63) is 126 Å². The van der Waals surface area contributed by atoms with Crippen molar-refractivity contribution in [3.8, 4) is 16.9 Å². The van der Waals surface area contributed by atoms with E-state index < -0.39 is 5.97 Å². The maximum Gasteiger partial charge on any atom is 0.307 e. The third-order valence-corrected chi connectivity index (χ3v) is 6.95. The molecule has 36 heavy (non-hydrogen) atoms. The zero-order valence-electron chi connectivity index (χ0n) is 20.3. The van der Waals surface area contributed by atoms with Gasteiger partial charge in [0.1, 0.15) is 12.4 Å². The zero-order valence-corrected chi connectivity index (χ0v) is 20.3. The lowest BCUT2D eigenvalue weighted by molar-refractivity contribution is -0.143. The van der Waals surface area contributed by atoms with Gasteiger partial charge in [0.05, 0.1) is 12.0 Å². The number of hydrogen-bond donors (Lipinski definition) is 1. The maximum absolute atomic E-state index is 11.9. The molecule has 0 radical (unpaired) electrons. The Kier molecular flexibility index (Phi) is 7.44. The maximum atomic E-state index is 11.9. The van der Waals surface area contributed by atoms with Crippen molar-refractivity contribution >= 4 is 5.97 Å². The van der Waals surface area contributed by atoms with Crippen LogP contribution in [0.3, 0.4) is 0 Å². The lowest BCUT2D eigenvalue weighted by Gasteiger charge is -2.38. The van der Waals surface area contributed by atoms with Crippen LogP contribution < -0.4 is 4.74 Å². The molecule has 182 valence electrons. The van der Waals surface area contributed by atoms with E-state index in [0.29, 0.717) is 13.2 Å². The molecule has 0 amide bonds. The van der Waals surface area contributed by atoms with Crippen molar-refractivity contribution in [2.45, 2.75) is 25.5 Å². The number of piperidine rings is 1. The van der Waals surface area contributed by atoms with Crippen LogP contribution in [0.2, 0.25) is 0 Å². The number of hydrogen-bond acceptors (Lipinski definition) is 3. The van der Waals surface area contributed by atoms with Crippen molar-refractivity contribution in [3.63, 3.8) is 0 Å². The molecule has 1 aliphatic heterocycles. The van der Waals surface area contributed by atoms with Crippen molar-refractivity contribution in [2.75, 3.05) is 13.1 Å². The Hall–Kier alpha value is -3.89. The second-order valence-corrected chi connectivity index (χ2v) is 9.37. The molecule has 4 aromatic carbocycles. The van der Waals surface area contributed by atoms with Crippen LogP contribution in [0.4, 0.5) is 0 Å². The van der Waals surface area contributed by atoms with Crippen LogP contribution in [0, 0.1) is 5.92 Å². The summed E-state index contributed by atoms with van der Waals surface area (Å²) in [7, 11) is 0. The van der Waals surface area contributed by atoms with Gasteiger partial charge in [-0.15, -0.1) is 0 Å². The largest absolute Gasteiger partial charge is 0.489 e. The third-order valence-electron chi connectivity index (χ3n) is 6.95. The van der Waals surface area contributed by atoms with Gasteiger partial charge in [-0.3, -0.25) is 9.69 Å². The van der Waals surface area contributed by atoms with Crippen LogP contribution in [-0.2, 0) is 11.4 Å². The van der Waals surface area contributed by atoms with Gasteiger partial charge >= 0.3 is 5.97 Å². The van der Waals surface area contributed by atoms with E-state index in [4.69, 9.17) is 4.74 Å². The van der Waals surface area contributed by atoms with Gasteiger partial charge in [-0.1, -0.05) is 103 Å². The molecule has 5 rings (SSSR count). The highest BCUT2D eigenvalue weighted by molar-refractivity contribution is 5.70. The second kappa shape index (κ2) is 11.2. The van der Waals surface area contributed by atoms with E-state index in [2.05, 4.69) is 59.5 Å². The smallest absolute Gasteiger partial charge is 0.307 e. The summed E-state index contributed by atoms with van der Waals surface area (Å²) in [6.45, 7) is 1.85. The summed E-state index contributed by atoms with van der Waals surface area (Å²) in [5.74, 6) is -0.246. The number of aliphatic carboxylic acids is 1. The van der Waals surface area contributed by atoms with E-state index in [-0.39, 0.29) is 12.0 Å². The van der Waals surface area contributed by atoms with Gasteiger partial charge in [-0.25, -0.2) is 0 Å². The Morgan fingerprint density at radius 3 is 2.19 bits per heavy atom. The van der Waals surface area contributed by atoms with E-state index in [1.165, 1.54) is 5.56 Å². The van der Waals surface area contributed by atoms with Gasteiger partial charge in [0, 0.05) is 12.1 Å². The van der Waals surface area contributed by atoms with Gasteiger partial charge < -0.3 is 9.84 Å². The van der Waals surface area contributed by atoms with Crippen LogP contribution >= 0.6 is 0 Å². The molecule has 1 saturated heterocycles. The van der Waals surface area contributed by atoms with E-state index in [1.807, 2.05) is 54.6 Å². The zero-order chi connectivity index (χ0) is 24.7. The van der Waals surface area contributed by atoms with E-state index in [9.17, 15) is 9.90 Å². The molecule has 2 atom stereocenters. The molecular weight excluding hydrogens is 446 g/mol. The minimum absolute atomic E-state index is 0.0936. The molecule has 2 unspecified atom stereocenters. The second-order valence-electron chi connectivity index (χ2n) is 9.37. The molecule has 1 heterocycles. The van der Waals surface area contributed by atoms with Gasteiger partial charge in [0.2, 0.25) is 0 Å². The van der Waals surface area contributed by atoms with E-state index in [1.54, 1.807) is 0 Å². The highest BCUT2D eigenvalue weighted by Crippen LogP contribution is 2.38. The molecule has 0 spiro atoms. The number of carbonyl (C=O) groups is 1. The molecule has 1 aliphatic rings. The predicted molar refractivity (Wildman–Crippen MR) is 143 cm³/mol. The third kappa shape index (κ3) is 5.50. The molecule has 0 saturated carbocycles. The fraction of sp³-hybridized carbons (Fsp3) is 0.219. The number of nitrogens with zero attached hydrogens (tertiary/aromatic N) is 1. The number of carboxylic acids is 1. The summed E-state index contributed by atoms with van der Waals surface area (Å²) in [6, 6.07) is 37.2. The summed E-state index contributed by atoms with van der Waals surface area (Å²) in [6.07, 6.45) is 1.58.